The van der Waals surface area contributed by atoms with Crippen molar-refractivity contribution in [3.8, 4) is 5.69 Å². The average molecular weight is 230 g/mol. The number of benzene rings is 1. The van der Waals surface area contributed by atoms with Crippen molar-refractivity contribution in [2.75, 3.05) is 6.54 Å². The first-order valence-electron chi connectivity index (χ1n) is 5.44. The van der Waals surface area contributed by atoms with Gasteiger partial charge in [0.05, 0.1) is 11.9 Å². The smallest absolute Gasteiger partial charge is 0.187 e. The van der Waals surface area contributed by atoms with Gasteiger partial charge in [-0.2, -0.15) is 0 Å². The highest BCUT2D eigenvalue weighted by Crippen LogP contribution is 2.12. The summed E-state index contributed by atoms with van der Waals surface area (Å²) in [4.78, 5) is 12.1. The third-order valence-corrected chi connectivity index (χ3v) is 2.60. The van der Waals surface area contributed by atoms with Crippen LogP contribution >= 0.6 is 0 Å². The summed E-state index contributed by atoms with van der Waals surface area (Å²) in [6, 6.07) is 9.43. The maximum Gasteiger partial charge on any atom is 0.187 e. The van der Waals surface area contributed by atoms with Crippen LogP contribution in [0.1, 0.15) is 17.4 Å². The van der Waals surface area contributed by atoms with Gasteiger partial charge in [0.15, 0.2) is 5.78 Å². The average Bonchev–Trinajstić information content (AvgIpc) is 2.87. The number of rotatable bonds is 4. The van der Waals surface area contributed by atoms with Crippen LogP contribution in [0.5, 0.6) is 0 Å². The summed E-state index contributed by atoms with van der Waals surface area (Å²) in [6.45, 7) is 2.11. The zero-order valence-corrected chi connectivity index (χ0v) is 9.58. The number of hydrogen-bond acceptors (Lipinski definition) is 4. The highest BCUT2D eigenvalue weighted by Gasteiger charge is 2.19. The zero-order chi connectivity index (χ0) is 12.3. The van der Waals surface area contributed by atoms with Gasteiger partial charge < -0.3 is 5.73 Å². The van der Waals surface area contributed by atoms with Crippen LogP contribution in [0.3, 0.4) is 0 Å². The molecule has 0 bridgehead atoms. The Morgan fingerprint density at radius 1 is 1.41 bits per heavy atom. The van der Waals surface area contributed by atoms with Crippen LogP contribution < -0.4 is 5.73 Å². The van der Waals surface area contributed by atoms with Crippen LogP contribution in [-0.4, -0.2) is 27.3 Å². The van der Waals surface area contributed by atoms with Crippen molar-refractivity contribution >= 4 is 5.78 Å². The van der Waals surface area contributed by atoms with E-state index in [1.54, 1.807) is 6.92 Å². The van der Waals surface area contributed by atoms with Crippen molar-refractivity contribution in [3.63, 3.8) is 0 Å². The van der Waals surface area contributed by atoms with E-state index in [9.17, 15) is 4.79 Å². The Morgan fingerprint density at radius 2 is 2.12 bits per heavy atom. The van der Waals surface area contributed by atoms with E-state index in [0.29, 0.717) is 12.2 Å². The van der Waals surface area contributed by atoms with Crippen LogP contribution in [0.4, 0.5) is 0 Å². The lowest BCUT2D eigenvalue weighted by Gasteiger charge is -2.08. The largest absolute Gasteiger partial charge is 0.330 e. The molecule has 0 amide bonds. The van der Waals surface area contributed by atoms with Crippen molar-refractivity contribution < 1.29 is 4.79 Å². The molecule has 2 rings (SSSR count). The monoisotopic (exact) mass is 230 g/mol. The van der Waals surface area contributed by atoms with Crippen LogP contribution in [0, 0.1) is 5.92 Å². The van der Waals surface area contributed by atoms with Crippen LogP contribution in [0.2, 0.25) is 0 Å². The van der Waals surface area contributed by atoms with E-state index in [1.807, 2.05) is 30.3 Å². The van der Waals surface area contributed by atoms with Crippen molar-refractivity contribution in [1.29, 1.82) is 0 Å². The molecule has 1 aromatic carbocycles. The molecule has 1 atom stereocenters. The first kappa shape index (κ1) is 11.5. The minimum absolute atomic E-state index is 0.0404. The van der Waals surface area contributed by atoms with Gasteiger partial charge in [-0.05, 0) is 12.1 Å². The zero-order valence-electron chi connectivity index (χ0n) is 9.58. The fraction of sp³-hybridized carbons (Fsp3) is 0.250. The molecule has 2 N–H and O–H groups in total. The number of ketones is 1. The quantitative estimate of drug-likeness (QED) is 0.796. The van der Waals surface area contributed by atoms with Crippen LogP contribution in [0.15, 0.2) is 36.5 Å². The Morgan fingerprint density at radius 3 is 2.76 bits per heavy atom. The second-order valence-electron chi connectivity index (χ2n) is 3.87. The van der Waals surface area contributed by atoms with Crippen LogP contribution in [-0.2, 0) is 0 Å². The van der Waals surface area contributed by atoms with Gasteiger partial charge in [-0.1, -0.05) is 30.3 Å². The van der Waals surface area contributed by atoms with E-state index in [1.165, 1.54) is 10.9 Å². The molecule has 0 fully saturated rings. The molecule has 17 heavy (non-hydrogen) atoms. The molecule has 0 aliphatic rings. The second kappa shape index (κ2) is 4.88. The van der Waals surface area contributed by atoms with Gasteiger partial charge in [0, 0.05) is 12.5 Å². The number of nitrogens with zero attached hydrogens (tertiary/aromatic N) is 3. The summed E-state index contributed by atoms with van der Waals surface area (Å²) >= 11 is 0. The topological polar surface area (TPSA) is 73.8 Å². The molecule has 1 unspecified atom stereocenters. The van der Waals surface area contributed by atoms with Gasteiger partial charge in [-0.25, -0.2) is 4.68 Å². The standard InChI is InChI=1S/C12H14N4O/c1-9(7-13)12(17)11-8-14-15-16(11)10-5-3-2-4-6-10/h2-6,8-9H,7,13H2,1H3. The van der Waals surface area contributed by atoms with E-state index >= 15 is 0 Å². The molecule has 0 saturated carbocycles. The second-order valence-corrected chi connectivity index (χ2v) is 3.87. The minimum Gasteiger partial charge on any atom is -0.330 e. The number of para-hydroxylation sites is 1. The van der Waals surface area contributed by atoms with Crippen molar-refractivity contribution in [2.45, 2.75) is 6.92 Å². The maximum atomic E-state index is 12.1. The summed E-state index contributed by atoms with van der Waals surface area (Å²) < 4.78 is 1.54. The van der Waals surface area contributed by atoms with Crippen LogP contribution in [0.25, 0.3) is 5.69 Å². The normalized spacial score (nSPS) is 12.4. The molecule has 1 heterocycles. The van der Waals surface area contributed by atoms with Crippen molar-refractivity contribution in [1.82, 2.24) is 15.0 Å². The Hall–Kier alpha value is -2.01. The lowest BCUT2D eigenvalue weighted by atomic mass is 10.0. The number of aromatic nitrogens is 3. The number of nitrogens with two attached hydrogens (primary N) is 1. The Balaban J connectivity index is 2.39. The van der Waals surface area contributed by atoms with Gasteiger partial charge in [0.1, 0.15) is 5.69 Å². The van der Waals surface area contributed by atoms with E-state index in [0.717, 1.165) is 5.69 Å². The molecule has 0 aliphatic carbocycles. The molecular formula is C12H14N4O. The van der Waals surface area contributed by atoms with E-state index in [2.05, 4.69) is 10.3 Å². The number of Topliss-reactive ketones (excluding diaryl/α,β-unsaturated/α-hetero) is 1. The Bertz CT molecular complexity index is 506. The predicted molar refractivity (Wildman–Crippen MR) is 63.9 cm³/mol. The Kier molecular flexibility index (Phi) is 3.30. The number of hydrogen-bond donors (Lipinski definition) is 1. The summed E-state index contributed by atoms with van der Waals surface area (Å²) in [5.41, 5.74) is 6.78. The summed E-state index contributed by atoms with van der Waals surface area (Å²) in [7, 11) is 0. The molecule has 2 aromatic rings. The molecular weight excluding hydrogens is 216 g/mol. The fourth-order valence-corrected chi connectivity index (χ4v) is 1.52. The molecule has 5 nitrogen and oxygen atoms in total. The van der Waals surface area contributed by atoms with Gasteiger partial charge in [0.25, 0.3) is 0 Å². The fourth-order valence-electron chi connectivity index (χ4n) is 1.52. The lowest BCUT2D eigenvalue weighted by Crippen LogP contribution is -2.23. The summed E-state index contributed by atoms with van der Waals surface area (Å²) in [5.74, 6) is -0.266. The third kappa shape index (κ3) is 2.24. The highest BCUT2D eigenvalue weighted by atomic mass is 16.1. The first-order valence-corrected chi connectivity index (χ1v) is 5.44. The first-order chi connectivity index (χ1) is 8.24. The van der Waals surface area contributed by atoms with Crippen molar-refractivity contribution in [2.24, 2.45) is 11.7 Å². The molecule has 0 spiro atoms. The maximum absolute atomic E-state index is 12.1. The van der Waals surface area contributed by atoms with Gasteiger partial charge in [-0.15, -0.1) is 5.10 Å². The van der Waals surface area contributed by atoms with Crippen molar-refractivity contribution in [3.05, 3.63) is 42.2 Å². The van der Waals surface area contributed by atoms with Gasteiger partial charge >= 0.3 is 0 Å². The molecule has 0 saturated heterocycles. The Labute approximate surface area is 99.2 Å². The molecule has 88 valence electrons. The highest BCUT2D eigenvalue weighted by molar-refractivity contribution is 5.96. The van der Waals surface area contributed by atoms with Gasteiger partial charge in [0.2, 0.25) is 0 Å². The number of carbonyl (C=O) groups excluding carboxylic acids is 1. The summed E-state index contributed by atoms with van der Waals surface area (Å²) in [6.07, 6.45) is 1.47. The van der Waals surface area contributed by atoms with E-state index < -0.39 is 0 Å². The molecule has 0 radical (unpaired) electrons. The van der Waals surface area contributed by atoms with E-state index in [4.69, 9.17) is 5.73 Å². The van der Waals surface area contributed by atoms with E-state index in [-0.39, 0.29) is 11.7 Å². The SMILES string of the molecule is CC(CN)C(=O)c1cnnn1-c1ccccc1. The predicted octanol–water partition coefficient (Wildman–Crippen LogP) is 1.04. The lowest BCUT2D eigenvalue weighted by molar-refractivity contribution is 0.0926. The molecule has 0 aliphatic heterocycles. The van der Waals surface area contributed by atoms with Gasteiger partial charge in [-0.3, -0.25) is 4.79 Å². The number of carbonyl (C=O) groups is 1. The molecule has 5 heteroatoms. The minimum atomic E-state index is -0.226. The third-order valence-electron chi connectivity index (χ3n) is 2.60. The molecule has 1 aromatic heterocycles. The summed E-state index contributed by atoms with van der Waals surface area (Å²) in [5, 5.41) is 7.72.